The number of rotatable bonds is 1. The van der Waals surface area contributed by atoms with Crippen LogP contribution in [0.2, 0.25) is 0 Å². The normalized spacial score (nSPS) is 28.9. The van der Waals surface area contributed by atoms with Crippen molar-refractivity contribution in [3.05, 3.63) is 11.6 Å². The quantitative estimate of drug-likeness (QED) is 0.841. The zero-order valence-electron chi connectivity index (χ0n) is 9.82. The van der Waals surface area contributed by atoms with Crippen molar-refractivity contribution in [1.29, 1.82) is 0 Å². The number of fused-ring (bicyclic) bond motifs is 1. The predicted molar refractivity (Wildman–Crippen MR) is 57.7 cm³/mol. The molecule has 4 nitrogen and oxygen atoms in total. The zero-order chi connectivity index (χ0) is 12.9. The van der Waals surface area contributed by atoms with E-state index >= 15 is 0 Å². The molecular formula is C11H15F3N4. The summed E-state index contributed by atoms with van der Waals surface area (Å²) < 4.78 is 39.6. The van der Waals surface area contributed by atoms with Crippen molar-refractivity contribution in [1.82, 2.24) is 14.8 Å². The molecule has 2 unspecified atom stereocenters. The SMILES string of the molecule is NC1CC(C(F)(F)F)Cn2nc(C3CCC3)nc21. The fourth-order valence-electron chi connectivity index (χ4n) is 2.55. The molecule has 1 aromatic heterocycles. The van der Waals surface area contributed by atoms with Crippen LogP contribution in [0.5, 0.6) is 0 Å². The maximum Gasteiger partial charge on any atom is 0.393 e. The third kappa shape index (κ3) is 1.90. The molecule has 2 aliphatic rings. The van der Waals surface area contributed by atoms with E-state index in [9.17, 15) is 13.2 Å². The summed E-state index contributed by atoms with van der Waals surface area (Å²) in [4.78, 5) is 4.33. The monoisotopic (exact) mass is 260 g/mol. The molecule has 0 spiro atoms. The molecular weight excluding hydrogens is 245 g/mol. The molecule has 2 heterocycles. The highest BCUT2D eigenvalue weighted by Crippen LogP contribution is 2.39. The Hall–Kier alpha value is -1.11. The van der Waals surface area contributed by atoms with Gasteiger partial charge in [-0.3, -0.25) is 0 Å². The first-order chi connectivity index (χ1) is 8.45. The lowest BCUT2D eigenvalue weighted by Gasteiger charge is -2.28. The van der Waals surface area contributed by atoms with E-state index in [-0.39, 0.29) is 13.0 Å². The fraction of sp³-hybridized carbons (Fsp3) is 0.818. The van der Waals surface area contributed by atoms with Gasteiger partial charge in [0.2, 0.25) is 0 Å². The summed E-state index contributed by atoms with van der Waals surface area (Å²) in [7, 11) is 0. The summed E-state index contributed by atoms with van der Waals surface area (Å²) >= 11 is 0. The average Bonchev–Trinajstić information content (AvgIpc) is 2.57. The third-order valence-electron chi connectivity index (χ3n) is 3.91. The van der Waals surface area contributed by atoms with Gasteiger partial charge in [0.25, 0.3) is 0 Å². The van der Waals surface area contributed by atoms with E-state index in [2.05, 4.69) is 10.1 Å². The maximum atomic E-state index is 12.7. The molecule has 18 heavy (non-hydrogen) atoms. The molecule has 1 aromatic rings. The largest absolute Gasteiger partial charge is 0.393 e. The molecule has 1 aliphatic carbocycles. The Balaban J connectivity index is 1.86. The second-order valence-corrected chi connectivity index (χ2v) is 5.22. The number of nitrogens with two attached hydrogens (primary N) is 1. The van der Waals surface area contributed by atoms with E-state index in [1.807, 2.05) is 0 Å². The van der Waals surface area contributed by atoms with E-state index in [4.69, 9.17) is 5.73 Å². The maximum absolute atomic E-state index is 12.7. The Morgan fingerprint density at radius 2 is 2.00 bits per heavy atom. The van der Waals surface area contributed by atoms with Crippen LogP contribution in [0.3, 0.4) is 0 Å². The summed E-state index contributed by atoms with van der Waals surface area (Å²) in [5, 5.41) is 4.21. The minimum Gasteiger partial charge on any atom is -0.321 e. The van der Waals surface area contributed by atoms with Gasteiger partial charge in [-0.05, 0) is 19.3 Å². The molecule has 0 amide bonds. The molecule has 0 saturated heterocycles. The minimum atomic E-state index is -4.21. The van der Waals surface area contributed by atoms with Crippen LogP contribution in [0.15, 0.2) is 0 Å². The van der Waals surface area contributed by atoms with Crippen molar-refractivity contribution in [2.75, 3.05) is 0 Å². The average molecular weight is 260 g/mol. The zero-order valence-corrected chi connectivity index (χ0v) is 9.82. The smallest absolute Gasteiger partial charge is 0.321 e. The number of halogens is 3. The minimum absolute atomic E-state index is 0.0910. The van der Waals surface area contributed by atoms with E-state index < -0.39 is 18.1 Å². The first-order valence-electron chi connectivity index (χ1n) is 6.22. The lowest BCUT2D eigenvalue weighted by Crippen LogP contribution is -2.37. The van der Waals surface area contributed by atoms with Gasteiger partial charge >= 0.3 is 6.18 Å². The molecule has 0 bridgehead atoms. The van der Waals surface area contributed by atoms with Gasteiger partial charge < -0.3 is 5.73 Å². The van der Waals surface area contributed by atoms with Gasteiger partial charge in [0.15, 0.2) is 5.82 Å². The van der Waals surface area contributed by atoms with Crippen LogP contribution in [0.4, 0.5) is 13.2 Å². The molecule has 2 atom stereocenters. The van der Waals surface area contributed by atoms with Crippen molar-refractivity contribution in [3.63, 3.8) is 0 Å². The summed E-state index contributed by atoms with van der Waals surface area (Å²) in [6.07, 6.45) is -1.10. The number of aromatic nitrogens is 3. The van der Waals surface area contributed by atoms with E-state index in [1.165, 1.54) is 4.68 Å². The molecule has 0 radical (unpaired) electrons. The van der Waals surface area contributed by atoms with Crippen LogP contribution in [-0.4, -0.2) is 20.9 Å². The number of nitrogens with zero attached hydrogens (tertiary/aromatic N) is 3. The fourth-order valence-corrected chi connectivity index (χ4v) is 2.55. The molecule has 3 rings (SSSR count). The summed E-state index contributed by atoms with van der Waals surface area (Å²) in [6, 6.07) is -0.660. The highest BCUT2D eigenvalue weighted by Gasteiger charge is 2.44. The summed E-state index contributed by atoms with van der Waals surface area (Å²) in [5.41, 5.74) is 5.78. The lowest BCUT2D eigenvalue weighted by atomic mass is 9.85. The number of hydrogen-bond acceptors (Lipinski definition) is 3. The summed E-state index contributed by atoms with van der Waals surface area (Å²) in [6.45, 7) is -0.147. The van der Waals surface area contributed by atoms with E-state index in [0.717, 1.165) is 19.3 Å². The molecule has 1 aliphatic heterocycles. The summed E-state index contributed by atoms with van der Waals surface area (Å²) in [5.74, 6) is 0.0995. The Labute approximate surface area is 102 Å². The topological polar surface area (TPSA) is 56.7 Å². The molecule has 0 aromatic carbocycles. The molecule has 7 heteroatoms. The number of alkyl halides is 3. The Morgan fingerprint density at radius 1 is 1.28 bits per heavy atom. The number of hydrogen-bond donors (Lipinski definition) is 1. The second kappa shape index (κ2) is 3.94. The van der Waals surface area contributed by atoms with Crippen LogP contribution in [0.25, 0.3) is 0 Å². The van der Waals surface area contributed by atoms with Crippen molar-refractivity contribution in [2.24, 2.45) is 11.7 Å². The van der Waals surface area contributed by atoms with Crippen molar-refractivity contribution in [2.45, 2.75) is 50.4 Å². The molecule has 100 valence electrons. The highest BCUT2D eigenvalue weighted by atomic mass is 19.4. The Kier molecular flexibility index (Phi) is 2.62. The molecule has 1 fully saturated rings. The van der Waals surface area contributed by atoms with Gasteiger partial charge in [-0.15, -0.1) is 0 Å². The van der Waals surface area contributed by atoms with Gasteiger partial charge in [-0.25, -0.2) is 9.67 Å². The van der Waals surface area contributed by atoms with Crippen molar-refractivity contribution >= 4 is 0 Å². The van der Waals surface area contributed by atoms with Gasteiger partial charge in [-0.2, -0.15) is 18.3 Å². The van der Waals surface area contributed by atoms with Crippen molar-refractivity contribution < 1.29 is 13.2 Å². The van der Waals surface area contributed by atoms with Gasteiger partial charge in [-0.1, -0.05) is 6.42 Å². The van der Waals surface area contributed by atoms with Crippen LogP contribution < -0.4 is 5.73 Å². The standard InChI is InChI=1S/C11H15F3N4/c12-11(13,14)7-4-8(15)10-16-9(6-2-1-3-6)17-18(10)5-7/h6-8H,1-5,15H2. The van der Waals surface area contributed by atoms with Gasteiger partial charge in [0, 0.05) is 5.92 Å². The second-order valence-electron chi connectivity index (χ2n) is 5.22. The van der Waals surface area contributed by atoms with Crippen LogP contribution in [0, 0.1) is 5.92 Å². The predicted octanol–water partition coefficient (Wildman–Crippen LogP) is 2.13. The van der Waals surface area contributed by atoms with Crippen LogP contribution in [-0.2, 0) is 6.54 Å². The Morgan fingerprint density at radius 3 is 2.56 bits per heavy atom. The van der Waals surface area contributed by atoms with Gasteiger partial charge in [0.1, 0.15) is 5.82 Å². The third-order valence-corrected chi connectivity index (χ3v) is 3.91. The first-order valence-corrected chi connectivity index (χ1v) is 6.22. The first kappa shape index (κ1) is 12.0. The van der Waals surface area contributed by atoms with Crippen LogP contribution >= 0.6 is 0 Å². The van der Waals surface area contributed by atoms with E-state index in [0.29, 0.717) is 17.6 Å². The molecule has 1 saturated carbocycles. The van der Waals surface area contributed by atoms with Crippen LogP contribution in [0.1, 0.15) is 49.3 Å². The van der Waals surface area contributed by atoms with Gasteiger partial charge in [0.05, 0.1) is 18.5 Å². The lowest BCUT2D eigenvalue weighted by molar-refractivity contribution is -0.184. The highest BCUT2D eigenvalue weighted by molar-refractivity contribution is 5.08. The van der Waals surface area contributed by atoms with E-state index in [1.54, 1.807) is 0 Å². The molecule has 2 N–H and O–H groups in total. The van der Waals surface area contributed by atoms with Crippen molar-refractivity contribution in [3.8, 4) is 0 Å². The Bertz CT molecular complexity index is 450.